The lowest BCUT2D eigenvalue weighted by Gasteiger charge is -2.34. The Balaban J connectivity index is 1.98. The molecule has 0 spiro atoms. The van der Waals surface area contributed by atoms with Crippen LogP contribution >= 0.6 is 0 Å². The highest BCUT2D eigenvalue weighted by atomic mass is 14.4. The Morgan fingerprint density at radius 1 is 0.955 bits per heavy atom. The SMILES string of the molecule is CC1=C(C)C(C)=C(C2CCCCC2c2ccccc2C=N)C1. The van der Waals surface area contributed by atoms with Crippen molar-refractivity contribution >= 4 is 6.21 Å². The van der Waals surface area contributed by atoms with Gasteiger partial charge in [0.05, 0.1) is 0 Å². The number of rotatable bonds is 3. The quantitative estimate of drug-likeness (QED) is 0.659. The molecule has 0 radical (unpaired) electrons. The standard InChI is InChI=1S/C21H27N/c1-14-12-21(16(3)15(14)2)20-11-7-6-10-19(20)18-9-5-4-8-17(18)13-22/h4-5,8-9,13,19-20,22H,6-7,10-12H2,1-3H3. The monoisotopic (exact) mass is 293 g/mol. The van der Waals surface area contributed by atoms with Crippen molar-refractivity contribution in [3.8, 4) is 0 Å². The average molecular weight is 293 g/mol. The van der Waals surface area contributed by atoms with Crippen LogP contribution in [0.4, 0.5) is 0 Å². The van der Waals surface area contributed by atoms with E-state index in [2.05, 4.69) is 45.0 Å². The molecule has 3 rings (SSSR count). The molecule has 0 amide bonds. The first-order valence-electron chi connectivity index (χ1n) is 8.59. The fraction of sp³-hybridized carbons (Fsp3) is 0.476. The van der Waals surface area contributed by atoms with Crippen LogP contribution in [0.5, 0.6) is 0 Å². The maximum Gasteiger partial charge on any atom is 0.0253 e. The average Bonchev–Trinajstić information content (AvgIpc) is 2.82. The molecule has 0 aliphatic heterocycles. The summed E-state index contributed by atoms with van der Waals surface area (Å²) in [4.78, 5) is 0. The van der Waals surface area contributed by atoms with Gasteiger partial charge in [0.1, 0.15) is 0 Å². The summed E-state index contributed by atoms with van der Waals surface area (Å²) >= 11 is 0. The Morgan fingerprint density at radius 2 is 1.64 bits per heavy atom. The van der Waals surface area contributed by atoms with Crippen LogP contribution in [-0.4, -0.2) is 6.21 Å². The van der Waals surface area contributed by atoms with Gasteiger partial charge in [0, 0.05) is 6.21 Å². The van der Waals surface area contributed by atoms with Gasteiger partial charge < -0.3 is 5.41 Å². The van der Waals surface area contributed by atoms with E-state index in [1.54, 1.807) is 16.7 Å². The van der Waals surface area contributed by atoms with Crippen molar-refractivity contribution in [1.82, 2.24) is 0 Å². The zero-order chi connectivity index (χ0) is 15.7. The van der Waals surface area contributed by atoms with Gasteiger partial charge in [0.25, 0.3) is 0 Å². The first-order valence-corrected chi connectivity index (χ1v) is 8.59. The van der Waals surface area contributed by atoms with Gasteiger partial charge >= 0.3 is 0 Å². The first-order chi connectivity index (χ1) is 10.6. The van der Waals surface area contributed by atoms with Crippen molar-refractivity contribution < 1.29 is 0 Å². The van der Waals surface area contributed by atoms with Crippen LogP contribution in [0.15, 0.2) is 46.6 Å². The van der Waals surface area contributed by atoms with Crippen LogP contribution in [0.3, 0.4) is 0 Å². The molecular weight excluding hydrogens is 266 g/mol. The highest BCUT2D eigenvalue weighted by Crippen LogP contribution is 2.48. The van der Waals surface area contributed by atoms with Crippen molar-refractivity contribution in [3.05, 3.63) is 57.7 Å². The van der Waals surface area contributed by atoms with Gasteiger partial charge in [0.2, 0.25) is 0 Å². The molecule has 1 aromatic rings. The second-order valence-corrected chi connectivity index (χ2v) is 7.00. The third-order valence-corrected chi connectivity index (χ3v) is 5.90. The molecule has 2 unspecified atom stereocenters. The third-order valence-electron chi connectivity index (χ3n) is 5.90. The lowest BCUT2D eigenvalue weighted by Crippen LogP contribution is -2.21. The van der Waals surface area contributed by atoms with E-state index in [0.29, 0.717) is 11.8 Å². The Hall–Kier alpha value is -1.63. The van der Waals surface area contributed by atoms with E-state index in [1.165, 1.54) is 49.5 Å². The molecule has 22 heavy (non-hydrogen) atoms. The minimum Gasteiger partial charge on any atom is -0.308 e. The highest BCUT2D eigenvalue weighted by molar-refractivity contribution is 5.79. The molecule has 1 fully saturated rings. The summed E-state index contributed by atoms with van der Waals surface area (Å²) in [5, 5.41) is 7.74. The Kier molecular flexibility index (Phi) is 4.33. The van der Waals surface area contributed by atoms with Crippen LogP contribution in [-0.2, 0) is 0 Å². The lowest BCUT2D eigenvalue weighted by molar-refractivity contribution is 0.343. The third kappa shape index (κ3) is 2.58. The highest BCUT2D eigenvalue weighted by Gasteiger charge is 2.33. The Bertz CT molecular complexity index is 648. The van der Waals surface area contributed by atoms with Crippen LogP contribution in [0.2, 0.25) is 0 Å². The van der Waals surface area contributed by atoms with Crippen molar-refractivity contribution in [3.63, 3.8) is 0 Å². The van der Waals surface area contributed by atoms with Crippen molar-refractivity contribution in [2.45, 2.75) is 58.8 Å². The Morgan fingerprint density at radius 3 is 2.27 bits per heavy atom. The molecule has 1 saturated carbocycles. The fourth-order valence-electron chi connectivity index (χ4n) is 4.42. The van der Waals surface area contributed by atoms with Crippen molar-refractivity contribution in [2.24, 2.45) is 5.92 Å². The largest absolute Gasteiger partial charge is 0.308 e. The molecule has 1 nitrogen and oxygen atoms in total. The van der Waals surface area contributed by atoms with E-state index >= 15 is 0 Å². The first kappa shape index (κ1) is 15.3. The summed E-state index contributed by atoms with van der Waals surface area (Å²) in [5.41, 5.74) is 8.79. The second kappa shape index (κ2) is 6.24. The molecule has 2 atom stereocenters. The maximum atomic E-state index is 7.74. The smallest absolute Gasteiger partial charge is 0.0253 e. The number of hydrogen-bond donors (Lipinski definition) is 1. The molecule has 0 aromatic heterocycles. The molecule has 0 saturated heterocycles. The van der Waals surface area contributed by atoms with Gasteiger partial charge in [-0.3, -0.25) is 0 Å². The van der Waals surface area contributed by atoms with Crippen LogP contribution in [0, 0.1) is 11.3 Å². The van der Waals surface area contributed by atoms with Gasteiger partial charge in [-0.2, -0.15) is 0 Å². The van der Waals surface area contributed by atoms with Gasteiger partial charge in [-0.05, 0) is 74.1 Å². The predicted molar refractivity (Wildman–Crippen MR) is 94.7 cm³/mol. The van der Waals surface area contributed by atoms with Gasteiger partial charge in [-0.15, -0.1) is 0 Å². The topological polar surface area (TPSA) is 23.9 Å². The number of nitrogens with one attached hydrogen (secondary N) is 1. The molecular formula is C21H27N. The Labute approximate surface area is 134 Å². The lowest BCUT2D eigenvalue weighted by atomic mass is 9.70. The van der Waals surface area contributed by atoms with E-state index in [-0.39, 0.29) is 0 Å². The zero-order valence-corrected chi connectivity index (χ0v) is 14.1. The van der Waals surface area contributed by atoms with Gasteiger partial charge in [-0.25, -0.2) is 0 Å². The predicted octanol–water partition coefficient (Wildman–Crippen LogP) is 6.01. The van der Waals surface area contributed by atoms with Gasteiger partial charge in [-0.1, -0.05) is 48.3 Å². The summed E-state index contributed by atoms with van der Waals surface area (Å²) in [6.07, 6.45) is 7.96. The summed E-state index contributed by atoms with van der Waals surface area (Å²) in [7, 11) is 0. The minimum absolute atomic E-state index is 0.593. The molecule has 2 aliphatic rings. The summed E-state index contributed by atoms with van der Waals surface area (Å²) in [5.74, 6) is 1.26. The molecule has 0 heterocycles. The van der Waals surface area contributed by atoms with E-state index in [9.17, 15) is 0 Å². The summed E-state index contributed by atoms with van der Waals surface area (Å²) < 4.78 is 0. The van der Waals surface area contributed by atoms with E-state index in [0.717, 1.165) is 5.56 Å². The van der Waals surface area contributed by atoms with Crippen LogP contribution < -0.4 is 0 Å². The molecule has 0 bridgehead atoms. The molecule has 2 aliphatic carbocycles. The van der Waals surface area contributed by atoms with E-state index < -0.39 is 0 Å². The summed E-state index contributed by atoms with van der Waals surface area (Å²) in [6.45, 7) is 6.88. The number of hydrogen-bond acceptors (Lipinski definition) is 1. The summed E-state index contributed by atoms with van der Waals surface area (Å²) in [6, 6.07) is 8.54. The molecule has 1 aromatic carbocycles. The number of allylic oxidation sites excluding steroid dienone is 4. The normalized spacial score (nSPS) is 25.8. The van der Waals surface area contributed by atoms with Crippen LogP contribution in [0.1, 0.15) is 69.9 Å². The van der Waals surface area contributed by atoms with Crippen molar-refractivity contribution in [2.75, 3.05) is 0 Å². The zero-order valence-electron chi connectivity index (χ0n) is 14.1. The van der Waals surface area contributed by atoms with E-state index in [1.807, 2.05) is 0 Å². The maximum absolute atomic E-state index is 7.74. The van der Waals surface area contributed by atoms with Crippen LogP contribution in [0.25, 0.3) is 0 Å². The van der Waals surface area contributed by atoms with E-state index in [4.69, 9.17) is 5.41 Å². The van der Waals surface area contributed by atoms with Gasteiger partial charge in [0.15, 0.2) is 0 Å². The van der Waals surface area contributed by atoms with Crippen molar-refractivity contribution in [1.29, 1.82) is 5.41 Å². The molecule has 1 heteroatoms. The molecule has 1 N–H and O–H groups in total. The fourth-order valence-corrected chi connectivity index (χ4v) is 4.42. The minimum atomic E-state index is 0.593. The number of benzene rings is 1. The second-order valence-electron chi connectivity index (χ2n) is 7.00. The molecule has 116 valence electrons.